The lowest BCUT2D eigenvalue weighted by Crippen LogP contribution is -2.62. The minimum absolute atomic E-state index is 0.119. The smallest absolute Gasteiger partial charge is 0.417 e. The van der Waals surface area contributed by atoms with E-state index < -0.39 is 41.5 Å². The summed E-state index contributed by atoms with van der Waals surface area (Å²) >= 11 is 0. The minimum atomic E-state index is -1.72. The fourth-order valence-corrected chi connectivity index (χ4v) is 3.97. The number of carboxylic acid groups (broad SMARTS) is 1. The minimum Gasteiger partial charge on any atom is -0.479 e. The first-order chi connectivity index (χ1) is 15.7. The van der Waals surface area contributed by atoms with Crippen LogP contribution in [0.1, 0.15) is 57.4 Å². The number of hydrogen-bond donors (Lipinski definition) is 4. The quantitative estimate of drug-likeness (QED) is 0.359. The van der Waals surface area contributed by atoms with Gasteiger partial charge < -0.3 is 26.6 Å². The normalized spacial score (nSPS) is 16.5. The van der Waals surface area contributed by atoms with Gasteiger partial charge in [0.2, 0.25) is 5.91 Å². The lowest BCUT2D eigenvalue weighted by atomic mass is 9.94. The predicted octanol–water partition coefficient (Wildman–Crippen LogP) is 1.51. The van der Waals surface area contributed by atoms with Gasteiger partial charge in [0, 0.05) is 0 Å². The highest BCUT2D eigenvalue weighted by molar-refractivity contribution is 6.02. The standard InChI is InChI=1S/C23H34N4O6/c1-16(26-19(28)18(25)11-5-8-14-24)20(29)27(23(21(30)31)12-6-7-13-23)22(32)33-15-17-9-3-2-4-10-17/h2-4,9-10,16,18H,5-8,11-15,24-25H2,1H3,(H,26,28)(H,30,31)/t16-,18-/m0/s1. The van der Waals surface area contributed by atoms with Gasteiger partial charge >= 0.3 is 12.1 Å². The van der Waals surface area contributed by atoms with Crippen LogP contribution in [-0.4, -0.2) is 58.1 Å². The Balaban J connectivity index is 2.17. The zero-order valence-electron chi connectivity index (χ0n) is 19.0. The average Bonchev–Trinajstić information content (AvgIpc) is 3.29. The predicted molar refractivity (Wildman–Crippen MR) is 121 cm³/mol. The topological polar surface area (TPSA) is 165 Å². The van der Waals surface area contributed by atoms with Crippen LogP contribution in [0.4, 0.5) is 4.79 Å². The van der Waals surface area contributed by atoms with Crippen LogP contribution in [0.2, 0.25) is 0 Å². The number of carbonyl (C=O) groups is 4. The fraction of sp³-hybridized carbons (Fsp3) is 0.565. The van der Waals surface area contributed by atoms with E-state index in [2.05, 4.69) is 5.32 Å². The third-order valence-electron chi connectivity index (χ3n) is 5.90. The Hall–Kier alpha value is -2.98. The maximum absolute atomic E-state index is 13.3. The van der Waals surface area contributed by atoms with E-state index in [1.807, 2.05) is 6.07 Å². The van der Waals surface area contributed by atoms with Crippen molar-refractivity contribution in [3.63, 3.8) is 0 Å². The SMILES string of the molecule is C[C@H](NC(=O)[C@@H](N)CCCCN)C(=O)N(C(=O)OCc1ccccc1)C1(C(=O)O)CCCC1. The third-order valence-corrected chi connectivity index (χ3v) is 5.90. The van der Waals surface area contributed by atoms with Crippen LogP contribution in [0.15, 0.2) is 30.3 Å². The molecule has 0 bridgehead atoms. The second-order valence-electron chi connectivity index (χ2n) is 8.38. The number of hydrogen-bond acceptors (Lipinski definition) is 7. The Morgan fingerprint density at radius 3 is 2.36 bits per heavy atom. The first-order valence-corrected chi connectivity index (χ1v) is 11.3. The van der Waals surface area contributed by atoms with Crippen LogP contribution in [0.3, 0.4) is 0 Å². The number of ether oxygens (including phenoxy) is 1. The Kier molecular flexibility index (Phi) is 9.80. The number of carboxylic acids is 1. The van der Waals surface area contributed by atoms with Gasteiger partial charge in [0.1, 0.15) is 12.6 Å². The fourth-order valence-electron chi connectivity index (χ4n) is 3.97. The second-order valence-corrected chi connectivity index (χ2v) is 8.38. The first kappa shape index (κ1) is 26.3. The van der Waals surface area contributed by atoms with Crippen molar-refractivity contribution in [2.45, 2.75) is 76.1 Å². The summed E-state index contributed by atoms with van der Waals surface area (Å²) < 4.78 is 5.32. The van der Waals surface area contributed by atoms with Gasteiger partial charge in [0.05, 0.1) is 6.04 Å². The lowest BCUT2D eigenvalue weighted by molar-refractivity contribution is -0.158. The zero-order chi connectivity index (χ0) is 24.4. The molecule has 10 heteroatoms. The summed E-state index contributed by atoms with van der Waals surface area (Å²) in [5.74, 6) is -2.68. The monoisotopic (exact) mass is 462 g/mol. The molecule has 0 spiro atoms. The molecule has 1 aliphatic rings. The Morgan fingerprint density at radius 2 is 1.79 bits per heavy atom. The van der Waals surface area contributed by atoms with E-state index >= 15 is 0 Å². The van der Waals surface area contributed by atoms with Gasteiger partial charge in [-0.25, -0.2) is 14.5 Å². The van der Waals surface area contributed by atoms with Gasteiger partial charge in [0.15, 0.2) is 5.54 Å². The third kappa shape index (κ3) is 6.75. The Morgan fingerprint density at radius 1 is 1.15 bits per heavy atom. The molecule has 0 radical (unpaired) electrons. The molecule has 0 aromatic heterocycles. The zero-order valence-corrected chi connectivity index (χ0v) is 19.0. The summed E-state index contributed by atoms with van der Waals surface area (Å²) in [7, 11) is 0. The molecule has 2 rings (SSSR count). The molecular weight excluding hydrogens is 428 g/mol. The number of nitrogens with one attached hydrogen (secondary N) is 1. The van der Waals surface area contributed by atoms with Crippen LogP contribution in [0, 0.1) is 0 Å². The molecule has 1 aliphatic carbocycles. The van der Waals surface area contributed by atoms with Gasteiger partial charge in [-0.1, -0.05) is 49.6 Å². The molecule has 1 aromatic rings. The molecule has 0 heterocycles. The number of unbranched alkanes of at least 4 members (excludes halogenated alkanes) is 1. The van der Waals surface area contributed by atoms with Crippen molar-refractivity contribution in [3.05, 3.63) is 35.9 Å². The number of carbonyl (C=O) groups excluding carboxylic acids is 3. The van der Waals surface area contributed by atoms with Crippen molar-refractivity contribution in [2.75, 3.05) is 6.54 Å². The van der Waals surface area contributed by atoms with Crippen LogP contribution in [0.25, 0.3) is 0 Å². The number of imide groups is 1. The van der Waals surface area contributed by atoms with E-state index in [0.29, 0.717) is 42.7 Å². The molecule has 3 amide bonds. The lowest BCUT2D eigenvalue weighted by Gasteiger charge is -2.36. The molecule has 1 saturated carbocycles. The van der Waals surface area contributed by atoms with E-state index in [1.54, 1.807) is 24.3 Å². The van der Waals surface area contributed by atoms with E-state index in [-0.39, 0.29) is 19.4 Å². The Labute approximate surface area is 193 Å². The van der Waals surface area contributed by atoms with Crippen LogP contribution in [-0.2, 0) is 25.7 Å². The average molecular weight is 463 g/mol. The molecule has 0 unspecified atom stereocenters. The number of rotatable bonds is 11. The summed E-state index contributed by atoms with van der Waals surface area (Å²) in [5, 5.41) is 12.5. The molecule has 182 valence electrons. The molecule has 10 nitrogen and oxygen atoms in total. The van der Waals surface area contributed by atoms with E-state index in [1.165, 1.54) is 6.92 Å². The molecule has 33 heavy (non-hydrogen) atoms. The molecule has 1 aromatic carbocycles. The summed E-state index contributed by atoms with van der Waals surface area (Å²) in [4.78, 5) is 51.6. The number of amides is 3. The van der Waals surface area contributed by atoms with Crippen LogP contribution >= 0.6 is 0 Å². The van der Waals surface area contributed by atoms with Crippen molar-refractivity contribution in [1.82, 2.24) is 10.2 Å². The van der Waals surface area contributed by atoms with Gasteiger partial charge in [0.25, 0.3) is 5.91 Å². The van der Waals surface area contributed by atoms with Crippen molar-refractivity contribution in [3.8, 4) is 0 Å². The highest BCUT2D eigenvalue weighted by atomic mass is 16.6. The van der Waals surface area contributed by atoms with Crippen LogP contribution < -0.4 is 16.8 Å². The molecule has 0 saturated heterocycles. The number of nitrogens with zero attached hydrogens (tertiary/aromatic N) is 1. The summed E-state index contributed by atoms with van der Waals surface area (Å²) in [6, 6.07) is 6.84. The number of nitrogens with two attached hydrogens (primary N) is 2. The molecular formula is C23H34N4O6. The number of benzene rings is 1. The highest BCUT2D eigenvalue weighted by Crippen LogP contribution is 2.37. The largest absolute Gasteiger partial charge is 0.479 e. The maximum Gasteiger partial charge on any atom is 0.417 e. The van der Waals surface area contributed by atoms with E-state index in [0.717, 1.165) is 6.42 Å². The van der Waals surface area contributed by atoms with Crippen molar-refractivity contribution in [2.24, 2.45) is 11.5 Å². The Bertz CT molecular complexity index is 826. The maximum atomic E-state index is 13.3. The van der Waals surface area contributed by atoms with Crippen molar-refractivity contribution in [1.29, 1.82) is 0 Å². The van der Waals surface area contributed by atoms with Gasteiger partial charge in [-0.05, 0) is 44.7 Å². The van der Waals surface area contributed by atoms with Gasteiger partial charge in [-0.3, -0.25) is 9.59 Å². The van der Waals surface area contributed by atoms with Gasteiger partial charge in [-0.15, -0.1) is 0 Å². The summed E-state index contributed by atoms with van der Waals surface area (Å²) in [5.41, 5.74) is 10.3. The molecule has 0 aliphatic heterocycles. The summed E-state index contributed by atoms with van der Waals surface area (Å²) in [6.07, 6.45) is 2.06. The van der Waals surface area contributed by atoms with Crippen molar-refractivity contribution < 1.29 is 29.0 Å². The molecule has 2 atom stereocenters. The van der Waals surface area contributed by atoms with E-state index in [9.17, 15) is 24.3 Å². The number of aliphatic carboxylic acids is 1. The summed E-state index contributed by atoms with van der Waals surface area (Å²) in [6.45, 7) is 1.77. The highest BCUT2D eigenvalue weighted by Gasteiger charge is 2.53. The first-order valence-electron chi connectivity index (χ1n) is 11.3. The van der Waals surface area contributed by atoms with E-state index in [4.69, 9.17) is 16.2 Å². The van der Waals surface area contributed by atoms with Gasteiger partial charge in [-0.2, -0.15) is 0 Å². The van der Waals surface area contributed by atoms with Crippen LogP contribution in [0.5, 0.6) is 0 Å². The van der Waals surface area contributed by atoms with Crippen molar-refractivity contribution >= 4 is 23.9 Å². The molecule has 1 fully saturated rings. The second kappa shape index (κ2) is 12.3. The molecule has 6 N–H and O–H groups in total.